The topological polar surface area (TPSA) is 49.8 Å². The highest BCUT2D eigenvalue weighted by molar-refractivity contribution is 5.68. The van der Waals surface area contributed by atoms with Crippen molar-refractivity contribution >= 4 is 6.09 Å². The molecular weight excluding hydrogens is 213 g/mol. The molecule has 0 bridgehead atoms. The van der Waals surface area contributed by atoms with Gasteiger partial charge in [-0.2, -0.15) is 0 Å². The van der Waals surface area contributed by atoms with Crippen LogP contribution in [0.3, 0.4) is 0 Å². The van der Waals surface area contributed by atoms with Gasteiger partial charge in [0.05, 0.1) is 6.54 Å². The summed E-state index contributed by atoms with van der Waals surface area (Å²) >= 11 is 0. The number of aliphatic hydroxyl groups is 1. The number of rotatable bonds is 2. The number of aliphatic hydroxyl groups excluding tert-OH is 1. The van der Waals surface area contributed by atoms with Gasteiger partial charge in [-0.1, -0.05) is 0 Å². The molecule has 1 saturated heterocycles. The molecule has 2 atom stereocenters. The molecule has 94 valence electrons. The fourth-order valence-electron chi connectivity index (χ4n) is 1.75. The average molecular weight is 233 g/mol. The van der Waals surface area contributed by atoms with E-state index in [2.05, 4.69) is 0 Å². The van der Waals surface area contributed by atoms with Crippen LogP contribution in [0.1, 0.15) is 27.2 Å². The highest BCUT2D eigenvalue weighted by Crippen LogP contribution is 2.24. The van der Waals surface area contributed by atoms with Gasteiger partial charge in [-0.15, -0.1) is 0 Å². The molecule has 0 aromatic rings. The normalized spacial score (nSPS) is 25.9. The molecule has 0 radical (unpaired) electrons. The molecular formula is C11H20FNO3. The summed E-state index contributed by atoms with van der Waals surface area (Å²) in [7, 11) is 0. The molecule has 0 spiro atoms. The molecule has 0 aromatic carbocycles. The van der Waals surface area contributed by atoms with Gasteiger partial charge in [0.15, 0.2) is 0 Å². The number of carbonyl (C=O) groups excluding carboxylic acids is 1. The lowest BCUT2D eigenvalue weighted by Crippen LogP contribution is -2.35. The van der Waals surface area contributed by atoms with Crippen molar-refractivity contribution in [1.82, 2.24) is 4.90 Å². The van der Waals surface area contributed by atoms with Crippen molar-refractivity contribution in [2.75, 3.05) is 19.7 Å². The maximum atomic E-state index is 13.5. The van der Waals surface area contributed by atoms with E-state index in [-0.39, 0.29) is 19.1 Å². The Hall–Kier alpha value is -0.840. The predicted octanol–water partition coefficient (Wildman–Crippen LogP) is 1.57. The first kappa shape index (κ1) is 13.2. The number of ether oxygens (including phenoxy) is 1. The highest BCUT2D eigenvalue weighted by atomic mass is 19.1. The van der Waals surface area contributed by atoms with Gasteiger partial charge >= 0.3 is 6.09 Å². The minimum atomic E-state index is -1.06. The fourth-order valence-corrected chi connectivity index (χ4v) is 1.75. The molecule has 16 heavy (non-hydrogen) atoms. The zero-order chi connectivity index (χ0) is 12.3. The van der Waals surface area contributed by atoms with Crippen LogP contribution in [0.2, 0.25) is 0 Å². The smallest absolute Gasteiger partial charge is 0.410 e. The minimum Gasteiger partial charge on any atom is -0.444 e. The van der Waals surface area contributed by atoms with E-state index in [1.54, 1.807) is 20.8 Å². The number of hydrogen-bond donors (Lipinski definition) is 1. The zero-order valence-electron chi connectivity index (χ0n) is 10.1. The summed E-state index contributed by atoms with van der Waals surface area (Å²) < 4.78 is 18.6. The Balaban J connectivity index is 2.48. The van der Waals surface area contributed by atoms with Crippen LogP contribution in [0.5, 0.6) is 0 Å². The molecule has 4 nitrogen and oxygen atoms in total. The Morgan fingerprint density at radius 2 is 2.12 bits per heavy atom. The van der Waals surface area contributed by atoms with Gasteiger partial charge in [-0.3, -0.25) is 0 Å². The van der Waals surface area contributed by atoms with Crippen molar-refractivity contribution in [3.63, 3.8) is 0 Å². The van der Waals surface area contributed by atoms with Crippen LogP contribution in [0.25, 0.3) is 0 Å². The molecule has 2 unspecified atom stereocenters. The van der Waals surface area contributed by atoms with Crippen molar-refractivity contribution in [3.05, 3.63) is 0 Å². The van der Waals surface area contributed by atoms with Crippen molar-refractivity contribution in [3.8, 4) is 0 Å². The van der Waals surface area contributed by atoms with Gasteiger partial charge in [0.1, 0.15) is 11.8 Å². The summed E-state index contributed by atoms with van der Waals surface area (Å²) in [6.07, 6.45) is -1.14. The zero-order valence-corrected chi connectivity index (χ0v) is 10.1. The van der Waals surface area contributed by atoms with Gasteiger partial charge in [-0.05, 0) is 27.2 Å². The van der Waals surface area contributed by atoms with Crippen molar-refractivity contribution in [1.29, 1.82) is 0 Å². The number of carbonyl (C=O) groups is 1. The molecule has 1 heterocycles. The highest BCUT2D eigenvalue weighted by Gasteiger charge is 2.36. The lowest BCUT2D eigenvalue weighted by Gasteiger charge is -2.24. The quantitative estimate of drug-likeness (QED) is 0.787. The molecule has 1 amide bonds. The summed E-state index contributed by atoms with van der Waals surface area (Å²) in [4.78, 5) is 13.0. The third-order valence-electron chi connectivity index (χ3n) is 2.51. The average Bonchev–Trinajstić information content (AvgIpc) is 2.46. The van der Waals surface area contributed by atoms with Gasteiger partial charge in [0, 0.05) is 19.1 Å². The van der Waals surface area contributed by atoms with Crippen LogP contribution in [0, 0.1) is 5.92 Å². The molecule has 0 aliphatic carbocycles. The molecule has 1 rings (SSSR count). The Morgan fingerprint density at radius 3 is 2.62 bits per heavy atom. The van der Waals surface area contributed by atoms with E-state index in [4.69, 9.17) is 9.84 Å². The lowest BCUT2D eigenvalue weighted by atomic mass is 10.0. The Morgan fingerprint density at radius 1 is 1.50 bits per heavy atom. The van der Waals surface area contributed by atoms with E-state index in [1.165, 1.54) is 4.90 Å². The van der Waals surface area contributed by atoms with Gasteiger partial charge < -0.3 is 14.7 Å². The fraction of sp³-hybridized carbons (Fsp3) is 0.909. The SMILES string of the molecule is CC(C)(C)OC(=O)N1CC(F)C(CCO)C1. The lowest BCUT2D eigenvalue weighted by molar-refractivity contribution is 0.0280. The predicted molar refractivity (Wildman–Crippen MR) is 57.9 cm³/mol. The van der Waals surface area contributed by atoms with Gasteiger partial charge in [-0.25, -0.2) is 9.18 Å². The monoisotopic (exact) mass is 233 g/mol. The van der Waals surface area contributed by atoms with Crippen LogP contribution < -0.4 is 0 Å². The van der Waals surface area contributed by atoms with Crippen LogP contribution in [0.15, 0.2) is 0 Å². The first-order valence-corrected chi connectivity index (χ1v) is 5.56. The molecule has 1 fully saturated rings. The van der Waals surface area contributed by atoms with E-state index in [0.717, 1.165) is 0 Å². The summed E-state index contributed by atoms with van der Waals surface area (Å²) in [6, 6.07) is 0. The van der Waals surface area contributed by atoms with Gasteiger partial charge in [0.25, 0.3) is 0 Å². The van der Waals surface area contributed by atoms with Gasteiger partial charge in [0.2, 0.25) is 0 Å². The van der Waals surface area contributed by atoms with E-state index >= 15 is 0 Å². The molecule has 0 aromatic heterocycles. The van der Waals surface area contributed by atoms with Crippen LogP contribution >= 0.6 is 0 Å². The van der Waals surface area contributed by atoms with Crippen molar-refractivity contribution in [2.24, 2.45) is 5.92 Å². The Kier molecular flexibility index (Phi) is 4.13. The maximum Gasteiger partial charge on any atom is 0.410 e. The Labute approximate surface area is 95.4 Å². The van der Waals surface area contributed by atoms with Crippen molar-refractivity contribution in [2.45, 2.75) is 39.0 Å². The number of amides is 1. The second kappa shape index (κ2) is 4.99. The Bertz CT molecular complexity index is 252. The third kappa shape index (κ3) is 3.63. The molecule has 1 aliphatic heterocycles. The van der Waals surface area contributed by atoms with Crippen LogP contribution in [-0.4, -0.2) is 47.6 Å². The second-order valence-electron chi connectivity index (χ2n) is 5.17. The summed E-state index contributed by atoms with van der Waals surface area (Å²) in [6.45, 7) is 5.68. The van der Waals surface area contributed by atoms with E-state index in [1.807, 2.05) is 0 Å². The maximum absolute atomic E-state index is 13.5. The summed E-state index contributed by atoms with van der Waals surface area (Å²) in [5, 5.41) is 8.75. The van der Waals surface area contributed by atoms with E-state index in [9.17, 15) is 9.18 Å². The number of likely N-dealkylation sites (tertiary alicyclic amines) is 1. The summed E-state index contributed by atoms with van der Waals surface area (Å²) in [5.41, 5.74) is -0.558. The van der Waals surface area contributed by atoms with Crippen LogP contribution in [0.4, 0.5) is 9.18 Å². The summed E-state index contributed by atoms with van der Waals surface area (Å²) in [5.74, 6) is -0.266. The standard InChI is InChI=1S/C11H20FNO3/c1-11(2,3)16-10(15)13-6-8(4-5-14)9(12)7-13/h8-9,14H,4-7H2,1-3H3. The minimum absolute atomic E-state index is 0.0484. The molecule has 1 N–H and O–H groups in total. The number of nitrogens with zero attached hydrogens (tertiary/aromatic N) is 1. The number of halogens is 1. The van der Waals surface area contributed by atoms with Crippen molar-refractivity contribution < 1.29 is 19.0 Å². The molecule has 1 aliphatic rings. The van der Waals surface area contributed by atoms with E-state index < -0.39 is 17.9 Å². The first-order chi connectivity index (χ1) is 7.33. The largest absolute Gasteiger partial charge is 0.444 e. The third-order valence-corrected chi connectivity index (χ3v) is 2.51. The number of hydrogen-bond acceptors (Lipinski definition) is 3. The molecule has 5 heteroatoms. The van der Waals surface area contributed by atoms with E-state index in [0.29, 0.717) is 13.0 Å². The number of alkyl halides is 1. The van der Waals surface area contributed by atoms with Crippen LogP contribution in [-0.2, 0) is 4.74 Å². The molecule has 0 saturated carbocycles. The first-order valence-electron chi connectivity index (χ1n) is 5.56. The second-order valence-corrected chi connectivity index (χ2v) is 5.17.